The van der Waals surface area contributed by atoms with Gasteiger partial charge in [0.15, 0.2) is 0 Å². The second-order valence-corrected chi connectivity index (χ2v) is 0.540. The molecule has 0 aromatic heterocycles. The molecule has 0 aliphatic carbocycles. The number of hydrogen-bond donors (Lipinski definition) is 4. The first-order valence-electron chi connectivity index (χ1n) is 1.09. The quantitative estimate of drug-likeness (QED) is 0.157. The van der Waals surface area contributed by atoms with Crippen molar-refractivity contribution in [2.24, 2.45) is 5.84 Å². The largest absolute Gasteiger partial charge is 0.563 e. The van der Waals surface area contributed by atoms with Crippen LogP contribution in [0.25, 0.3) is 0 Å². The standard InChI is InChI=1S/BH5N2O2/c2-3-1(4)5/h3-5H,2H2. The van der Waals surface area contributed by atoms with Gasteiger partial charge in [-0.05, 0) is 0 Å². The Morgan fingerprint density at radius 2 is 1.80 bits per heavy atom. The fraction of sp³-hybridized carbons (Fsp3) is 0. The molecule has 30 valence electrons. The first-order chi connectivity index (χ1) is 2.27. The molecule has 0 rings (SSSR count). The molecule has 0 aliphatic heterocycles. The molecule has 0 heterocycles. The molecule has 0 radical (unpaired) electrons. The SMILES string of the molecule is NNB(O)O. The summed E-state index contributed by atoms with van der Waals surface area (Å²) in [5, 5.41) is 17.0. The topological polar surface area (TPSA) is 78.5 Å². The van der Waals surface area contributed by atoms with E-state index in [1.54, 1.807) is 5.34 Å². The van der Waals surface area contributed by atoms with E-state index in [9.17, 15) is 0 Å². The van der Waals surface area contributed by atoms with Gasteiger partial charge in [0.05, 0.1) is 0 Å². The van der Waals surface area contributed by atoms with E-state index in [0.29, 0.717) is 0 Å². The summed E-state index contributed by atoms with van der Waals surface area (Å²) in [6.45, 7) is 0. The molecule has 5 heavy (non-hydrogen) atoms. The van der Waals surface area contributed by atoms with Crippen LogP contribution in [-0.2, 0) is 0 Å². The first kappa shape index (κ1) is 4.90. The third-order valence-electron chi connectivity index (χ3n) is 0.149. The van der Waals surface area contributed by atoms with Gasteiger partial charge in [0.1, 0.15) is 0 Å². The molecule has 0 spiro atoms. The summed E-state index contributed by atoms with van der Waals surface area (Å²) in [5.74, 6) is 4.42. The molecule has 0 aliphatic rings. The van der Waals surface area contributed by atoms with Crippen LogP contribution in [0.3, 0.4) is 0 Å². The Morgan fingerprint density at radius 1 is 1.60 bits per heavy atom. The summed E-state index contributed by atoms with van der Waals surface area (Å²) in [6, 6.07) is 0. The highest BCUT2D eigenvalue weighted by Crippen LogP contribution is 1.40. The van der Waals surface area contributed by atoms with Crippen LogP contribution < -0.4 is 11.2 Å². The lowest BCUT2D eigenvalue weighted by molar-refractivity contribution is 0.387. The van der Waals surface area contributed by atoms with Crippen LogP contribution in [0.2, 0.25) is 0 Å². The zero-order valence-electron chi connectivity index (χ0n) is 2.55. The second-order valence-electron chi connectivity index (χ2n) is 0.540. The maximum absolute atomic E-state index is 7.68. The highest BCUT2D eigenvalue weighted by atomic mass is 16.4. The van der Waals surface area contributed by atoms with Gasteiger partial charge in [-0.15, -0.1) is 0 Å². The van der Waals surface area contributed by atoms with E-state index in [1.165, 1.54) is 0 Å². The number of rotatable bonds is 1. The van der Waals surface area contributed by atoms with Crippen molar-refractivity contribution in [3.63, 3.8) is 0 Å². The summed E-state index contributed by atoms with van der Waals surface area (Å²) in [5.41, 5.74) is 0. The molecule has 0 atom stereocenters. The minimum absolute atomic E-state index is 1.59. The van der Waals surface area contributed by atoms with E-state index in [0.717, 1.165) is 0 Å². The molecule has 0 saturated carbocycles. The molecular formula is H5BN2O2. The zero-order valence-corrected chi connectivity index (χ0v) is 2.55. The Morgan fingerprint density at radius 3 is 1.80 bits per heavy atom. The molecule has 4 nitrogen and oxygen atoms in total. The monoisotopic (exact) mass is 76.0 g/mol. The van der Waals surface area contributed by atoms with Crippen molar-refractivity contribution in [1.29, 1.82) is 0 Å². The summed E-state index contributed by atoms with van der Waals surface area (Å²) < 4.78 is 0. The first-order valence-corrected chi connectivity index (χ1v) is 1.09. The average Bonchev–Trinajstić information content (AvgIpc) is 1.38. The van der Waals surface area contributed by atoms with E-state index in [2.05, 4.69) is 5.84 Å². The average molecular weight is 75.9 g/mol. The molecular weight excluding hydrogens is 70.8 g/mol. The summed E-state index contributed by atoms with van der Waals surface area (Å²) in [6.07, 6.45) is 0. The number of hydrogen-bond acceptors (Lipinski definition) is 4. The molecule has 0 fully saturated rings. The van der Waals surface area contributed by atoms with Gasteiger partial charge in [0.25, 0.3) is 0 Å². The molecule has 0 bridgehead atoms. The predicted octanol–water partition coefficient (Wildman–Crippen LogP) is -2.58. The highest BCUT2D eigenvalue weighted by Gasteiger charge is 1.97. The van der Waals surface area contributed by atoms with Gasteiger partial charge in [-0.3, -0.25) is 5.84 Å². The Labute approximate surface area is 29.7 Å². The molecule has 0 amide bonds. The van der Waals surface area contributed by atoms with Gasteiger partial charge in [-0.2, -0.15) is 0 Å². The van der Waals surface area contributed by atoms with Gasteiger partial charge in [-0.25, -0.2) is 5.34 Å². The van der Waals surface area contributed by atoms with Crippen molar-refractivity contribution in [1.82, 2.24) is 5.34 Å². The van der Waals surface area contributed by atoms with E-state index in [4.69, 9.17) is 10.0 Å². The highest BCUT2D eigenvalue weighted by molar-refractivity contribution is 6.37. The summed E-state index contributed by atoms with van der Waals surface area (Å²) in [7, 11) is -1.59. The smallest absolute Gasteiger partial charge is 0.412 e. The normalized spacial score (nSPS) is 7.80. The van der Waals surface area contributed by atoms with Crippen LogP contribution in [-0.4, -0.2) is 17.3 Å². The maximum atomic E-state index is 7.68. The van der Waals surface area contributed by atoms with E-state index in [1.807, 2.05) is 0 Å². The van der Waals surface area contributed by atoms with Crippen molar-refractivity contribution >= 4 is 7.25 Å². The van der Waals surface area contributed by atoms with Crippen LogP contribution in [0.15, 0.2) is 0 Å². The van der Waals surface area contributed by atoms with Crippen LogP contribution in [0.5, 0.6) is 0 Å². The van der Waals surface area contributed by atoms with Crippen LogP contribution in [0, 0.1) is 0 Å². The van der Waals surface area contributed by atoms with Crippen LogP contribution in [0.1, 0.15) is 0 Å². The second kappa shape index (κ2) is 2.16. The Bertz CT molecular complexity index is 21.6. The fourth-order valence-electron chi connectivity index (χ4n) is 0. The molecule has 5 heteroatoms. The van der Waals surface area contributed by atoms with Crippen LogP contribution >= 0.6 is 0 Å². The zero-order chi connectivity index (χ0) is 4.28. The number of hydrazine groups is 1. The molecule has 5 N–H and O–H groups in total. The van der Waals surface area contributed by atoms with Gasteiger partial charge >= 0.3 is 7.25 Å². The van der Waals surface area contributed by atoms with Crippen LogP contribution in [0.4, 0.5) is 0 Å². The number of nitrogens with two attached hydrogens (primary N) is 1. The lowest BCUT2D eigenvalue weighted by Gasteiger charge is -1.85. The fourth-order valence-corrected chi connectivity index (χ4v) is 0. The minimum Gasteiger partial charge on any atom is -0.412 e. The molecule has 0 aromatic carbocycles. The maximum Gasteiger partial charge on any atom is 0.563 e. The van der Waals surface area contributed by atoms with Crippen molar-refractivity contribution in [3.05, 3.63) is 0 Å². The lowest BCUT2D eigenvalue weighted by atomic mass is 10.2. The Kier molecular flexibility index (Phi) is 2.12. The molecule has 0 saturated heterocycles. The minimum atomic E-state index is -1.59. The van der Waals surface area contributed by atoms with Crippen molar-refractivity contribution in [3.8, 4) is 0 Å². The van der Waals surface area contributed by atoms with Crippen molar-refractivity contribution in [2.45, 2.75) is 0 Å². The van der Waals surface area contributed by atoms with E-state index >= 15 is 0 Å². The van der Waals surface area contributed by atoms with Gasteiger partial charge in [0.2, 0.25) is 0 Å². The molecule has 0 unspecified atom stereocenters. The van der Waals surface area contributed by atoms with Crippen molar-refractivity contribution in [2.75, 3.05) is 0 Å². The van der Waals surface area contributed by atoms with E-state index < -0.39 is 7.25 Å². The summed E-state index contributed by atoms with van der Waals surface area (Å²) >= 11 is 0. The van der Waals surface area contributed by atoms with Gasteiger partial charge in [-0.1, -0.05) is 0 Å². The Balaban J connectivity index is 2.54. The van der Waals surface area contributed by atoms with E-state index in [-0.39, 0.29) is 0 Å². The van der Waals surface area contributed by atoms with Crippen molar-refractivity contribution < 1.29 is 10.0 Å². The summed E-state index contributed by atoms with van der Waals surface area (Å²) in [4.78, 5) is 0. The molecule has 0 aromatic rings. The third-order valence-corrected chi connectivity index (χ3v) is 0.149. The lowest BCUT2D eigenvalue weighted by Crippen LogP contribution is -2.39. The predicted molar refractivity (Wildman–Crippen MR) is 17.5 cm³/mol. The van der Waals surface area contributed by atoms with Gasteiger partial charge < -0.3 is 10.0 Å². The van der Waals surface area contributed by atoms with Gasteiger partial charge in [0, 0.05) is 0 Å². The third kappa shape index (κ3) is 3.90. The Hall–Kier alpha value is -0.0951. The number of nitrogens with one attached hydrogen (secondary N) is 1.